The lowest BCUT2D eigenvalue weighted by molar-refractivity contribution is 0.347. The summed E-state index contributed by atoms with van der Waals surface area (Å²) < 4.78 is 1.76. The van der Waals surface area contributed by atoms with Crippen molar-refractivity contribution in [2.45, 2.75) is 52.5 Å². The number of rotatable bonds is 6. The molecule has 4 rings (SSSR count). The summed E-state index contributed by atoms with van der Waals surface area (Å²) in [7, 11) is 7.10. The van der Waals surface area contributed by atoms with Gasteiger partial charge in [-0.1, -0.05) is 67.4 Å². The summed E-state index contributed by atoms with van der Waals surface area (Å²) in [5, 5.41) is 27.0. The lowest BCUT2D eigenvalue weighted by Gasteiger charge is -2.32. The normalized spacial score (nSPS) is 13.7. The quantitative estimate of drug-likeness (QED) is 0.262. The first-order valence-electron chi connectivity index (χ1n) is 12.2. The van der Waals surface area contributed by atoms with Crippen molar-refractivity contribution in [2.75, 3.05) is 17.2 Å². The van der Waals surface area contributed by atoms with E-state index in [0.29, 0.717) is 55.7 Å². The van der Waals surface area contributed by atoms with Crippen LogP contribution in [0.1, 0.15) is 58.4 Å². The van der Waals surface area contributed by atoms with Gasteiger partial charge in [0.1, 0.15) is 19.6 Å². The zero-order valence-electron chi connectivity index (χ0n) is 22.4. The Hall–Kier alpha value is -3.28. The highest BCUT2D eigenvalue weighted by Crippen LogP contribution is 2.38. The third-order valence-corrected chi connectivity index (χ3v) is 6.68. The van der Waals surface area contributed by atoms with Gasteiger partial charge in [0.05, 0.1) is 39.0 Å². The van der Waals surface area contributed by atoms with E-state index < -0.39 is 5.44 Å². The summed E-state index contributed by atoms with van der Waals surface area (Å²) in [4.78, 5) is 4.45. The number of nitrogens with one attached hydrogen (secondary N) is 2. The molecule has 2 aromatic carbocycles. The smallest absolute Gasteiger partial charge is 0.119 e. The van der Waals surface area contributed by atoms with Crippen LogP contribution in [0.15, 0.2) is 48.8 Å². The van der Waals surface area contributed by atoms with Gasteiger partial charge in [-0.05, 0) is 49.9 Å². The first kappa shape index (κ1) is 27.8. The van der Waals surface area contributed by atoms with E-state index in [0.717, 1.165) is 0 Å². The molecule has 2 heterocycles. The monoisotopic (exact) mass is 545 g/mol. The van der Waals surface area contributed by atoms with Crippen LogP contribution in [0.4, 0.5) is 11.4 Å². The van der Waals surface area contributed by atoms with Crippen LogP contribution in [-0.2, 0) is 11.0 Å². The molecule has 0 amide bonds. The predicted molar refractivity (Wildman–Crippen MR) is 156 cm³/mol. The highest BCUT2D eigenvalue weighted by atomic mass is 35.5. The number of pyridine rings is 1. The van der Waals surface area contributed by atoms with E-state index in [1.165, 1.54) is 6.20 Å². The van der Waals surface area contributed by atoms with Crippen molar-refractivity contribution >= 4 is 53.3 Å². The van der Waals surface area contributed by atoms with Gasteiger partial charge in [0.25, 0.3) is 0 Å². The fourth-order valence-corrected chi connectivity index (χ4v) is 4.56. The predicted octanol–water partition coefficient (Wildman–Crippen LogP) is 6.70. The summed E-state index contributed by atoms with van der Waals surface area (Å²) in [5.41, 5.74) is 1.70. The second-order valence-corrected chi connectivity index (χ2v) is 12.4. The maximum Gasteiger partial charge on any atom is 0.119 e. The molecule has 38 heavy (non-hydrogen) atoms. The topological polar surface area (TPSA) is 91.5 Å². The standard InChI is InChI=1S/C28H30BCl2N7/c1-26(2,3)16-34-24-17(13-32)14-33-25-19(24)11-18(12-22(25)31)35-28(29,20-9-7-8-10-21(20)30)23-15-38(37-36-23)27(4,5)6/h7-12,14-15,35H,16H2,1-6H3,(H,33,34). The van der Waals surface area contributed by atoms with Gasteiger partial charge in [0.2, 0.25) is 0 Å². The number of halogens is 2. The van der Waals surface area contributed by atoms with Gasteiger partial charge in [-0.3, -0.25) is 4.98 Å². The zero-order chi connectivity index (χ0) is 27.9. The van der Waals surface area contributed by atoms with Crippen LogP contribution >= 0.6 is 23.2 Å². The highest BCUT2D eigenvalue weighted by molar-refractivity contribution is 6.36. The number of anilines is 2. The van der Waals surface area contributed by atoms with Crippen LogP contribution in [0.25, 0.3) is 10.9 Å². The first-order valence-corrected chi connectivity index (χ1v) is 13.0. The van der Waals surface area contributed by atoms with E-state index in [-0.39, 0.29) is 11.0 Å². The fraction of sp³-hybridized carbons (Fsp3) is 0.357. The summed E-state index contributed by atoms with van der Waals surface area (Å²) in [6, 6.07) is 13.2. The van der Waals surface area contributed by atoms with Gasteiger partial charge in [0.15, 0.2) is 0 Å². The molecule has 0 saturated heterocycles. The summed E-state index contributed by atoms with van der Waals surface area (Å²) in [5.74, 6) is 0. The molecule has 0 bridgehead atoms. The Bertz CT molecular complexity index is 1530. The van der Waals surface area contributed by atoms with E-state index >= 15 is 0 Å². The van der Waals surface area contributed by atoms with Crippen molar-refractivity contribution in [2.24, 2.45) is 5.41 Å². The van der Waals surface area contributed by atoms with Gasteiger partial charge in [-0.25, -0.2) is 4.68 Å². The van der Waals surface area contributed by atoms with E-state index in [1.54, 1.807) is 16.8 Å². The van der Waals surface area contributed by atoms with Crippen molar-refractivity contribution in [1.82, 2.24) is 20.0 Å². The van der Waals surface area contributed by atoms with E-state index in [4.69, 9.17) is 31.0 Å². The molecule has 2 N–H and O–H groups in total. The SMILES string of the molecule is [B]C(Nc1cc(Cl)c2ncc(C#N)c(NCC(C)(C)C)c2c1)(c1cn(C(C)(C)C)nn1)c1ccccc1Cl. The van der Waals surface area contributed by atoms with Crippen LogP contribution < -0.4 is 10.6 Å². The third kappa shape index (κ3) is 5.60. The average molecular weight is 546 g/mol. The molecule has 0 aliphatic heterocycles. The maximum absolute atomic E-state index is 9.80. The van der Waals surface area contributed by atoms with E-state index in [1.807, 2.05) is 51.2 Å². The first-order chi connectivity index (χ1) is 17.7. The van der Waals surface area contributed by atoms with Gasteiger partial charge in [0, 0.05) is 28.8 Å². The number of hydrogen-bond donors (Lipinski definition) is 2. The molecule has 0 aliphatic carbocycles. The Balaban J connectivity index is 1.89. The number of nitriles is 1. The summed E-state index contributed by atoms with van der Waals surface area (Å²) in [6.45, 7) is 13.1. The van der Waals surface area contributed by atoms with Crippen molar-refractivity contribution in [1.29, 1.82) is 5.26 Å². The zero-order valence-corrected chi connectivity index (χ0v) is 23.9. The lowest BCUT2D eigenvalue weighted by Crippen LogP contribution is -2.38. The molecule has 1 atom stereocenters. The van der Waals surface area contributed by atoms with Gasteiger partial charge >= 0.3 is 0 Å². The Morgan fingerprint density at radius 3 is 2.37 bits per heavy atom. The molecule has 2 radical (unpaired) electrons. The molecule has 4 aromatic rings. The molecule has 10 heteroatoms. The Kier molecular flexibility index (Phi) is 7.39. The van der Waals surface area contributed by atoms with Crippen LogP contribution in [0.5, 0.6) is 0 Å². The second-order valence-electron chi connectivity index (χ2n) is 11.6. The number of nitrogens with zero attached hydrogens (tertiary/aromatic N) is 5. The van der Waals surface area contributed by atoms with Crippen molar-refractivity contribution in [3.63, 3.8) is 0 Å². The van der Waals surface area contributed by atoms with Gasteiger partial charge in [-0.15, -0.1) is 5.10 Å². The number of hydrogen-bond acceptors (Lipinski definition) is 6. The molecule has 2 aromatic heterocycles. The van der Waals surface area contributed by atoms with Crippen LogP contribution in [0, 0.1) is 16.7 Å². The maximum atomic E-state index is 9.80. The minimum atomic E-state index is -1.35. The number of benzene rings is 2. The minimum absolute atomic E-state index is 0.0165. The summed E-state index contributed by atoms with van der Waals surface area (Å²) >= 11 is 13.4. The van der Waals surface area contributed by atoms with Crippen molar-refractivity contribution in [3.8, 4) is 6.07 Å². The minimum Gasteiger partial charge on any atom is -0.383 e. The second kappa shape index (κ2) is 10.1. The summed E-state index contributed by atoms with van der Waals surface area (Å²) in [6.07, 6.45) is 3.35. The van der Waals surface area contributed by atoms with Crippen LogP contribution in [-0.4, -0.2) is 34.4 Å². The molecule has 194 valence electrons. The molecular weight excluding hydrogens is 516 g/mol. The molecule has 0 aliphatic rings. The van der Waals surface area contributed by atoms with Crippen molar-refractivity contribution < 1.29 is 0 Å². The van der Waals surface area contributed by atoms with Gasteiger partial charge in [-0.2, -0.15) is 5.26 Å². The van der Waals surface area contributed by atoms with E-state index in [9.17, 15) is 5.26 Å². The third-order valence-electron chi connectivity index (χ3n) is 6.07. The molecule has 0 spiro atoms. The van der Waals surface area contributed by atoms with E-state index in [2.05, 4.69) is 52.8 Å². The van der Waals surface area contributed by atoms with Crippen LogP contribution in [0.3, 0.4) is 0 Å². The fourth-order valence-electron chi connectivity index (χ4n) is 4.01. The van der Waals surface area contributed by atoms with Crippen LogP contribution in [0.2, 0.25) is 10.0 Å². The Morgan fingerprint density at radius 2 is 1.76 bits per heavy atom. The molecule has 7 nitrogen and oxygen atoms in total. The molecule has 0 saturated carbocycles. The number of fused-ring (bicyclic) bond motifs is 1. The molecule has 0 fully saturated rings. The largest absolute Gasteiger partial charge is 0.383 e. The van der Waals surface area contributed by atoms with Gasteiger partial charge < -0.3 is 10.6 Å². The van der Waals surface area contributed by atoms with Crippen molar-refractivity contribution in [3.05, 3.63) is 75.7 Å². The highest BCUT2D eigenvalue weighted by Gasteiger charge is 2.34. The Morgan fingerprint density at radius 1 is 1.05 bits per heavy atom. The Labute approximate surface area is 235 Å². The number of aromatic nitrogens is 4. The average Bonchev–Trinajstić information content (AvgIpc) is 3.34. The molecule has 1 unspecified atom stereocenters. The molecular formula is C28H30BCl2N7. The lowest BCUT2D eigenvalue weighted by atomic mass is 9.69.